The molecule has 1 aromatic rings. The van der Waals surface area contributed by atoms with Crippen molar-refractivity contribution in [2.24, 2.45) is 5.92 Å². The number of amides is 2. The minimum atomic E-state index is -0.328. The van der Waals surface area contributed by atoms with Gasteiger partial charge in [-0.15, -0.1) is 0 Å². The van der Waals surface area contributed by atoms with Crippen molar-refractivity contribution in [2.45, 2.75) is 19.3 Å². The fraction of sp³-hybridized carbons (Fsp3) is 0.529. The zero-order valence-electron chi connectivity index (χ0n) is 13.1. The molecule has 6 heteroatoms. The molecule has 0 aromatic heterocycles. The van der Waals surface area contributed by atoms with E-state index in [0.29, 0.717) is 12.2 Å². The second-order valence-electron chi connectivity index (χ2n) is 6.31. The number of carbonyl (C=O) groups is 2. The Morgan fingerprint density at radius 3 is 2.52 bits per heavy atom. The molecule has 0 radical (unpaired) electrons. The molecule has 1 N–H and O–H groups in total. The molecule has 2 heterocycles. The summed E-state index contributed by atoms with van der Waals surface area (Å²) in [4.78, 5) is 28.4. The Balaban J connectivity index is 1.46. The Morgan fingerprint density at radius 2 is 1.83 bits per heavy atom. The summed E-state index contributed by atoms with van der Waals surface area (Å²) < 4.78 is 12.8. The molecule has 0 bridgehead atoms. The Morgan fingerprint density at radius 1 is 1.13 bits per heavy atom. The van der Waals surface area contributed by atoms with E-state index in [2.05, 4.69) is 5.32 Å². The van der Waals surface area contributed by atoms with Crippen molar-refractivity contribution in [1.82, 2.24) is 9.80 Å². The smallest absolute Gasteiger partial charge is 0.238 e. The molecule has 1 aromatic carbocycles. The maximum atomic E-state index is 12.8. The first-order valence-corrected chi connectivity index (χ1v) is 8.18. The van der Waals surface area contributed by atoms with E-state index in [0.717, 1.165) is 38.9 Å². The van der Waals surface area contributed by atoms with Crippen LogP contribution in [0.2, 0.25) is 0 Å². The molecule has 124 valence electrons. The Kier molecular flexibility index (Phi) is 4.91. The van der Waals surface area contributed by atoms with E-state index in [4.69, 9.17) is 0 Å². The lowest BCUT2D eigenvalue weighted by molar-refractivity contribution is -0.134. The molecule has 0 spiro atoms. The van der Waals surface area contributed by atoms with Crippen LogP contribution in [0.1, 0.15) is 19.3 Å². The highest BCUT2D eigenvalue weighted by molar-refractivity contribution is 5.92. The Hall–Kier alpha value is -1.95. The van der Waals surface area contributed by atoms with Gasteiger partial charge in [0.05, 0.1) is 12.5 Å². The van der Waals surface area contributed by atoms with Crippen molar-refractivity contribution in [3.63, 3.8) is 0 Å². The highest BCUT2D eigenvalue weighted by atomic mass is 19.1. The molecule has 2 fully saturated rings. The van der Waals surface area contributed by atoms with E-state index < -0.39 is 0 Å². The van der Waals surface area contributed by atoms with Gasteiger partial charge in [0.25, 0.3) is 0 Å². The number of hydrogen-bond donors (Lipinski definition) is 1. The quantitative estimate of drug-likeness (QED) is 0.919. The second kappa shape index (κ2) is 7.08. The number of anilines is 1. The zero-order valence-corrected chi connectivity index (χ0v) is 13.1. The van der Waals surface area contributed by atoms with Crippen molar-refractivity contribution >= 4 is 17.5 Å². The largest absolute Gasteiger partial charge is 0.342 e. The number of halogens is 1. The summed E-state index contributed by atoms with van der Waals surface area (Å²) in [6.07, 6.45) is 3.02. The van der Waals surface area contributed by atoms with Crippen LogP contribution in [-0.2, 0) is 9.59 Å². The van der Waals surface area contributed by atoms with E-state index >= 15 is 0 Å². The molecular formula is C17H22FN3O2. The van der Waals surface area contributed by atoms with Gasteiger partial charge in [0.1, 0.15) is 5.82 Å². The van der Waals surface area contributed by atoms with Crippen molar-refractivity contribution < 1.29 is 14.0 Å². The van der Waals surface area contributed by atoms with Crippen molar-refractivity contribution in [3.8, 4) is 0 Å². The number of likely N-dealkylation sites (tertiary alicyclic amines) is 2. The lowest BCUT2D eigenvalue weighted by atomic mass is 10.1. The van der Waals surface area contributed by atoms with Crippen LogP contribution in [0, 0.1) is 11.7 Å². The number of carbonyl (C=O) groups excluding carboxylic acids is 2. The predicted molar refractivity (Wildman–Crippen MR) is 85.4 cm³/mol. The molecule has 0 aliphatic carbocycles. The van der Waals surface area contributed by atoms with Crippen molar-refractivity contribution in [1.29, 1.82) is 0 Å². The van der Waals surface area contributed by atoms with Gasteiger partial charge in [-0.3, -0.25) is 14.5 Å². The van der Waals surface area contributed by atoms with Crippen LogP contribution >= 0.6 is 0 Å². The molecule has 2 aliphatic heterocycles. The highest BCUT2D eigenvalue weighted by Crippen LogP contribution is 2.21. The first kappa shape index (κ1) is 15.9. The first-order valence-electron chi connectivity index (χ1n) is 8.18. The average Bonchev–Trinajstić information content (AvgIpc) is 3.20. The van der Waals surface area contributed by atoms with Gasteiger partial charge in [-0.1, -0.05) is 0 Å². The normalized spacial score (nSPS) is 21.6. The molecule has 5 nitrogen and oxygen atoms in total. The summed E-state index contributed by atoms with van der Waals surface area (Å²) in [6.45, 7) is 3.43. The molecule has 1 unspecified atom stereocenters. The van der Waals surface area contributed by atoms with Crippen LogP contribution in [0.3, 0.4) is 0 Å². The van der Waals surface area contributed by atoms with Gasteiger partial charge in [-0.2, -0.15) is 0 Å². The van der Waals surface area contributed by atoms with Crippen LogP contribution in [0.5, 0.6) is 0 Å². The molecular weight excluding hydrogens is 297 g/mol. The van der Waals surface area contributed by atoms with Gasteiger partial charge in [0.15, 0.2) is 0 Å². The van der Waals surface area contributed by atoms with E-state index in [9.17, 15) is 14.0 Å². The number of rotatable bonds is 4. The fourth-order valence-corrected chi connectivity index (χ4v) is 3.31. The van der Waals surface area contributed by atoms with E-state index in [1.54, 1.807) is 0 Å². The predicted octanol–water partition coefficient (Wildman–Crippen LogP) is 1.71. The third-order valence-electron chi connectivity index (χ3n) is 4.53. The van der Waals surface area contributed by atoms with Gasteiger partial charge in [-0.05, 0) is 50.1 Å². The summed E-state index contributed by atoms with van der Waals surface area (Å²) in [7, 11) is 0. The Labute approximate surface area is 135 Å². The summed E-state index contributed by atoms with van der Waals surface area (Å²) in [6, 6.07) is 5.71. The van der Waals surface area contributed by atoms with Gasteiger partial charge >= 0.3 is 0 Å². The summed E-state index contributed by atoms with van der Waals surface area (Å²) in [5.74, 6) is -0.202. The standard InChI is InChI=1S/C17H22FN3O2/c18-14-3-5-15(6-4-14)19-16(22)12-20-10-7-13(11-20)17(23)21-8-1-2-9-21/h3-6,13H,1-2,7-12H2,(H,19,22). The maximum Gasteiger partial charge on any atom is 0.238 e. The van der Waals surface area contributed by atoms with E-state index in [-0.39, 0.29) is 30.1 Å². The second-order valence-corrected chi connectivity index (χ2v) is 6.31. The van der Waals surface area contributed by atoms with Crippen LogP contribution in [-0.4, -0.2) is 54.3 Å². The van der Waals surface area contributed by atoms with Gasteiger partial charge in [0.2, 0.25) is 11.8 Å². The Bertz CT molecular complexity index is 570. The monoisotopic (exact) mass is 319 g/mol. The van der Waals surface area contributed by atoms with Gasteiger partial charge in [-0.25, -0.2) is 4.39 Å². The number of hydrogen-bond acceptors (Lipinski definition) is 3. The highest BCUT2D eigenvalue weighted by Gasteiger charge is 2.32. The van der Waals surface area contributed by atoms with Crippen LogP contribution in [0.4, 0.5) is 10.1 Å². The molecule has 3 rings (SSSR count). The molecule has 0 saturated carbocycles. The summed E-state index contributed by atoms with van der Waals surface area (Å²) in [5.41, 5.74) is 0.584. The minimum absolute atomic E-state index is 0.0201. The molecule has 2 amide bonds. The van der Waals surface area contributed by atoms with E-state index in [1.807, 2.05) is 9.80 Å². The maximum absolute atomic E-state index is 12.8. The number of nitrogens with one attached hydrogen (secondary N) is 1. The topological polar surface area (TPSA) is 52.7 Å². The average molecular weight is 319 g/mol. The molecule has 2 aliphatic rings. The third kappa shape index (κ3) is 4.07. The van der Waals surface area contributed by atoms with Crippen LogP contribution < -0.4 is 5.32 Å². The third-order valence-corrected chi connectivity index (χ3v) is 4.53. The first-order chi connectivity index (χ1) is 11.1. The SMILES string of the molecule is O=C(CN1CCC(C(=O)N2CCCC2)C1)Nc1ccc(F)cc1. The lowest BCUT2D eigenvalue weighted by Gasteiger charge is -2.20. The number of benzene rings is 1. The molecule has 2 saturated heterocycles. The van der Waals surface area contributed by atoms with Gasteiger partial charge in [0, 0.05) is 25.3 Å². The van der Waals surface area contributed by atoms with Crippen molar-refractivity contribution in [3.05, 3.63) is 30.1 Å². The summed E-state index contributed by atoms with van der Waals surface area (Å²) in [5, 5.41) is 2.75. The zero-order chi connectivity index (χ0) is 16.2. The number of nitrogens with zero attached hydrogens (tertiary/aromatic N) is 2. The van der Waals surface area contributed by atoms with Crippen molar-refractivity contribution in [2.75, 3.05) is 38.0 Å². The summed E-state index contributed by atoms with van der Waals surface area (Å²) >= 11 is 0. The van der Waals surface area contributed by atoms with Crippen LogP contribution in [0.15, 0.2) is 24.3 Å². The fourth-order valence-electron chi connectivity index (χ4n) is 3.31. The van der Waals surface area contributed by atoms with E-state index in [1.165, 1.54) is 24.3 Å². The minimum Gasteiger partial charge on any atom is -0.342 e. The molecule has 1 atom stereocenters. The van der Waals surface area contributed by atoms with Crippen LogP contribution in [0.25, 0.3) is 0 Å². The van der Waals surface area contributed by atoms with Gasteiger partial charge < -0.3 is 10.2 Å². The lowest BCUT2D eigenvalue weighted by Crippen LogP contribution is -2.36. The molecule has 23 heavy (non-hydrogen) atoms.